The molecule has 1 unspecified atom stereocenters. The van der Waals surface area contributed by atoms with E-state index in [4.69, 9.17) is 9.47 Å². The molecule has 2 rings (SSSR count). The van der Waals surface area contributed by atoms with Crippen LogP contribution in [0.3, 0.4) is 0 Å². The Bertz CT molecular complexity index is 363. The highest BCUT2D eigenvalue weighted by molar-refractivity contribution is 14.0. The second-order valence-electron chi connectivity index (χ2n) is 6.66. The Morgan fingerprint density at radius 2 is 2.30 bits per heavy atom. The van der Waals surface area contributed by atoms with Gasteiger partial charge in [0, 0.05) is 56.3 Å². The van der Waals surface area contributed by atoms with E-state index >= 15 is 0 Å². The van der Waals surface area contributed by atoms with Crippen LogP contribution in [-0.4, -0.2) is 74.5 Å². The lowest BCUT2D eigenvalue weighted by Crippen LogP contribution is -2.51. The highest BCUT2D eigenvalue weighted by atomic mass is 127. The normalized spacial score (nSPS) is 24.4. The lowest BCUT2D eigenvalue weighted by Gasteiger charge is -2.39. The molecule has 0 aromatic heterocycles. The Hall–Kier alpha value is 0.270. The summed E-state index contributed by atoms with van der Waals surface area (Å²) in [5.41, 5.74) is 0. The Morgan fingerprint density at radius 3 is 2.96 bits per heavy atom. The van der Waals surface area contributed by atoms with Gasteiger partial charge in [-0.05, 0) is 26.7 Å². The molecule has 0 aromatic rings. The molecule has 136 valence electrons. The van der Waals surface area contributed by atoms with E-state index in [0.717, 1.165) is 64.9 Å². The topological polar surface area (TPSA) is 46.1 Å². The molecule has 0 amide bonds. The number of hydrogen-bond acceptors (Lipinski definition) is 4. The van der Waals surface area contributed by atoms with Crippen molar-refractivity contribution in [1.82, 2.24) is 10.2 Å². The molecule has 2 saturated heterocycles. The molecular formula is C16H32IN3O2S. The van der Waals surface area contributed by atoms with Gasteiger partial charge in [-0.1, -0.05) is 0 Å². The van der Waals surface area contributed by atoms with Gasteiger partial charge in [0.2, 0.25) is 0 Å². The van der Waals surface area contributed by atoms with E-state index in [1.54, 1.807) is 0 Å². The minimum Gasteiger partial charge on any atom is -0.381 e. The summed E-state index contributed by atoms with van der Waals surface area (Å²) < 4.78 is 11.4. The van der Waals surface area contributed by atoms with Gasteiger partial charge < -0.3 is 19.7 Å². The van der Waals surface area contributed by atoms with Crippen LogP contribution >= 0.6 is 35.7 Å². The van der Waals surface area contributed by atoms with E-state index in [9.17, 15) is 0 Å². The van der Waals surface area contributed by atoms with Crippen LogP contribution in [0.25, 0.3) is 0 Å². The summed E-state index contributed by atoms with van der Waals surface area (Å²) >= 11 is 2.04. The largest absolute Gasteiger partial charge is 0.381 e. The third kappa shape index (κ3) is 7.79. The predicted octanol–water partition coefficient (Wildman–Crippen LogP) is 2.45. The molecule has 2 heterocycles. The van der Waals surface area contributed by atoms with E-state index in [2.05, 4.69) is 29.1 Å². The zero-order valence-corrected chi connectivity index (χ0v) is 17.8. The van der Waals surface area contributed by atoms with Crippen molar-refractivity contribution in [1.29, 1.82) is 0 Å². The van der Waals surface area contributed by atoms with Crippen LogP contribution in [0.4, 0.5) is 0 Å². The molecule has 0 bridgehead atoms. The fraction of sp³-hybridized carbons (Fsp3) is 0.938. The van der Waals surface area contributed by atoms with Crippen LogP contribution < -0.4 is 5.32 Å². The van der Waals surface area contributed by atoms with E-state index in [1.165, 1.54) is 5.75 Å². The molecule has 0 aliphatic carbocycles. The number of thioether (sulfide) groups is 1. The smallest absolute Gasteiger partial charge is 0.193 e. The maximum atomic E-state index is 5.73. The molecule has 1 N–H and O–H groups in total. The fourth-order valence-electron chi connectivity index (χ4n) is 2.87. The molecule has 1 atom stereocenters. The first-order valence-electron chi connectivity index (χ1n) is 8.36. The summed E-state index contributed by atoms with van der Waals surface area (Å²) in [5, 5.41) is 3.47. The van der Waals surface area contributed by atoms with E-state index in [-0.39, 0.29) is 24.0 Å². The maximum absolute atomic E-state index is 5.73. The molecule has 2 aliphatic rings. The number of guanidine groups is 1. The minimum atomic E-state index is 0. The van der Waals surface area contributed by atoms with Crippen molar-refractivity contribution in [2.24, 2.45) is 10.9 Å². The van der Waals surface area contributed by atoms with Gasteiger partial charge in [-0.25, -0.2) is 0 Å². The maximum Gasteiger partial charge on any atom is 0.193 e. The Labute approximate surface area is 162 Å². The predicted molar refractivity (Wildman–Crippen MR) is 109 cm³/mol. The number of hydrogen-bond donors (Lipinski definition) is 1. The van der Waals surface area contributed by atoms with Gasteiger partial charge >= 0.3 is 0 Å². The zero-order valence-electron chi connectivity index (χ0n) is 14.7. The van der Waals surface area contributed by atoms with Gasteiger partial charge in [-0.3, -0.25) is 4.99 Å². The number of ether oxygens (including phenoxy) is 2. The van der Waals surface area contributed by atoms with Crippen molar-refractivity contribution >= 4 is 41.7 Å². The number of nitrogens with one attached hydrogen (secondary N) is 1. The molecule has 0 radical (unpaired) electrons. The first kappa shape index (κ1) is 21.3. The van der Waals surface area contributed by atoms with Crippen LogP contribution in [0.1, 0.15) is 26.7 Å². The van der Waals surface area contributed by atoms with E-state index < -0.39 is 0 Å². The molecule has 0 aromatic carbocycles. The third-order valence-corrected chi connectivity index (χ3v) is 5.36. The monoisotopic (exact) mass is 457 g/mol. The average molecular weight is 457 g/mol. The van der Waals surface area contributed by atoms with Gasteiger partial charge in [0.25, 0.3) is 0 Å². The van der Waals surface area contributed by atoms with Crippen LogP contribution in [-0.2, 0) is 9.47 Å². The fourth-order valence-corrected chi connectivity index (χ4v) is 3.98. The summed E-state index contributed by atoms with van der Waals surface area (Å²) in [6.07, 6.45) is 2.16. The van der Waals surface area contributed by atoms with Gasteiger partial charge in [-0.15, -0.1) is 24.0 Å². The highest BCUT2D eigenvalue weighted by Gasteiger charge is 2.28. The summed E-state index contributed by atoms with van der Waals surface area (Å²) in [6.45, 7) is 11.1. The van der Waals surface area contributed by atoms with Gasteiger partial charge in [0.05, 0.1) is 13.2 Å². The van der Waals surface area contributed by atoms with Crippen LogP contribution in [0.15, 0.2) is 4.99 Å². The minimum absolute atomic E-state index is 0. The second kappa shape index (κ2) is 11.0. The molecule has 0 spiro atoms. The molecule has 23 heavy (non-hydrogen) atoms. The first-order valence-corrected chi connectivity index (χ1v) is 9.34. The van der Waals surface area contributed by atoms with E-state index in [0.29, 0.717) is 10.7 Å². The number of halogens is 1. The Balaban J connectivity index is 0.00000264. The lowest BCUT2D eigenvalue weighted by atomic mass is 10.1. The van der Waals surface area contributed by atoms with E-state index in [1.807, 2.05) is 18.8 Å². The first-order chi connectivity index (χ1) is 10.6. The average Bonchev–Trinajstić information content (AvgIpc) is 2.98. The van der Waals surface area contributed by atoms with Gasteiger partial charge in [-0.2, -0.15) is 11.8 Å². The lowest BCUT2D eigenvalue weighted by molar-refractivity contribution is 0.0887. The van der Waals surface area contributed by atoms with Crippen molar-refractivity contribution < 1.29 is 9.47 Å². The van der Waals surface area contributed by atoms with Crippen molar-refractivity contribution in [3.63, 3.8) is 0 Å². The number of rotatable bonds is 6. The van der Waals surface area contributed by atoms with Crippen molar-refractivity contribution in [3.8, 4) is 0 Å². The van der Waals surface area contributed by atoms with Crippen molar-refractivity contribution in [2.75, 3.05) is 58.9 Å². The molecule has 2 fully saturated rings. The Morgan fingerprint density at radius 1 is 1.48 bits per heavy atom. The van der Waals surface area contributed by atoms with Crippen LogP contribution in [0.5, 0.6) is 0 Å². The van der Waals surface area contributed by atoms with Gasteiger partial charge in [0.15, 0.2) is 5.96 Å². The summed E-state index contributed by atoms with van der Waals surface area (Å²) in [6, 6.07) is 0. The molecule has 2 aliphatic heterocycles. The highest BCUT2D eigenvalue weighted by Crippen LogP contribution is 2.29. The third-order valence-electron chi connectivity index (χ3n) is 4.06. The van der Waals surface area contributed by atoms with Crippen molar-refractivity contribution in [3.05, 3.63) is 0 Å². The molecular weight excluding hydrogens is 425 g/mol. The van der Waals surface area contributed by atoms with Crippen molar-refractivity contribution in [2.45, 2.75) is 31.4 Å². The summed E-state index contributed by atoms with van der Waals surface area (Å²) in [5.74, 6) is 2.80. The van der Waals surface area contributed by atoms with Crippen LogP contribution in [0.2, 0.25) is 0 Å². The standard InChI is InChI=1S/C16H31N3O2S.HI/c1-16(2)13-19(7-10-22-16)15(17-3)18-6-4-8-20-11-14-5-9-21-12-14;/h14H,4-13H2,1-3H3,(H,17,18);1H. The number of nitrogens with zero attached hydrogens (tertiary/aromatic N) is 2. The van der Waals surface area contributed by atoms with Gasteiger partial charge in [0.1, 0.15) is 0 Å². The molecule has 7 heteroatoms. The van der Waals surface area contributed by atoms with Crippen LogP contribution in [0, 0.1) is 5.92 Å². The summed E-state index contributed by atoms with van der Waals surface area (Å²) in [7, 11) is 1.87. The Kier molecular flexibility index (Phi) is 10.2. The number of aliphatic imine (C=N–C) groups is 1. The SMILES string of the molecule is CN=C(NCCCOCC1CCOC1)N1CCSC(C)(C)C1.I. The zero-order chi connectivity index (χ0) is 15.8. The quantitative estimate of drug-likeness (QED) is 0.288. The summed E-state index contributed by atoms with van der Waals surface area (Å²) in [4.78, 5) is 6.79. The molecule has 5 nitrogen and oxygen atoms in total. The molecule has 0 saturated carbocycles. The second-order valence-corrected chi connectivity index (χ2v) is 8.46.